The van der Waals surface area contributed by atoms with Crippen molar-refractivity contribution in [1.29, 1.82) is 0 Å². The van der Waals surface area contributed by atoms with E-state index in [4.69, 9.17) is 0 Å². The van der Waals surface area contributed by atoms with E-state index in [0.29, 0.717) is 12.1 Å². The van der Waals surface area contributed by atoms with Crippen LogP contribution in [0.1, 0.15) is 22.9 Å². The van der Waals surface area contributed by atoms with Crippen molar-refractivity contribution in [2.75, 3.05) is 5.75 Å². The third-order valence-corrected chi connectivity index (χ3v) is 6.75. The van der Waals surface area contributed by atoms with E-state index in [0.717, 1.165) is 27.9 Å². The number of nitrogens with zero attached hydrogens (tertiary/aromatic N) is 5. The molecule has 0 saturated heterocycles. The summed E-state index contributed by atoms with van der Waals surface area (Å²) in [5, 5.41) is 8.23. The number of rotatable bonds is 5. The lowest BCUT2D eigenvalue weighted by Gasteiger charge is -2.21. The quantitative estimate of drug-likeness (QED) is 0.419. The van der Waals surface area contributed by atoms with Crippen molar-refractivity contribution in [3.8, 4) is 0 Å². The first-order valence-corrected chi connectivity index (χ1v) is 11.6. The van der Waals surface area contributed by atoms with Crippen molar-refractivity contribution in [3.63, 3.8) is 0 Å². The molecule has 1 atom stereocenters. The average molecular weight is 466 g/mol. The molecule has 10 heteroatoms. The summed E-state index contributed by atoms with van der Waals surface area (Å²) in [6.07, 6.45) is 2.13. The highest BCUT2D eigenvalue weighted by molar-refractivity contribution is 7.99. The summed E-state index contributed by atoms with van der Waals surface area (Å²) in [5.74, 6) is -0.562. The van der Waals surface area contributed by atoms with E-state index in [1.54, 1.807) is 47.9 Å². The lowest BCUT2D eigenvalue weighted by molar-refractivity contribution is -0.130. The van der Waals surface area contributed by atoms with Crippen molar-refractivity contribution in [2.24, 2.45) is 5.10 Å². The first-order valence-electron chi connectivity index (χ1n) is 9.75. The first kappa shape index (κ1) is 20.5. The summed E-state index contributed by atoms with van der Waals surface area (Å²) < 4.78 is 14.8. The van der Waals surface area contributed by atoms with Crippen LogP contribution in [0.3, 0.4) is 0 Å². The average Bonchev–Trinajstić information content (AvgIpc) is 3.48. The number of thioether (sulfide) groups is 1. The lowest BCUT2D eigenvalue weighted by Crippen LogP contribution is -2.29. The molecule has 0 fully saturated rings. The Kier molecular flexibility index (Phi) is 5.54. The van der Waals surface area contributed by atoms with Gasteiger partial charge in [-0.05, 0) is 41.3 Å². The maximum atomic E-state index is 13.4. The molecule has 0 unspecified atom stereocenters. The molecule has 1 amide bonds. The molecular formula is C22H16FN5O2S2. The minimum atomic E-state index is -0.450. The van der Waals surface area contributed by atoms with Crippen LogP contribution in [0.25, 0.3) is 5.65 Å². The van der Waals surface area contributed by atoms with Crippen LogP contribution >= 0.6 is 23.1 Å². The predicted molar refractivity (Wildman–Crippen MR) is 121 cm³/mol. The van der Waals surface area contributed by atoms with E-state index >= 15 is 0 Å². The summed E-state index contributed by atoms with van der Waals surface area (Å²) in [5.41, 5.74) is 1.63. The van der Waals surface area contributed by atoms with Crippen molar-refractivity contribution in [1.82, 2.24) is 19.4 Å². The van der Waals surface area contributed by atoms with Gasteiger partial charge < -0.3 is 0 Å². The van der Waals surface area contributed by atoms with Crippen LogP contribution < -0.4 is 5.69 Å². The van der Waals surface area contributed by atoms with Crippen LogP contribution in [0.5, 0.6) is 0 Å². The Labute approximate surface area is 190 Å². The van der Waals surface area contributed by atoms with E-state index in [1.165, 1.54) is 21.5 Å². The topological polar surface area (TPSA) is 79.9 Å². The lowest BCUT2D eigenvalue weighted by atomic mass is 10.0. The smallest absolute Gasteiger partial charge is 0.272 e. The zero-order valence-corrected chi connectivity index (χ0v) is 18.2. The number of halogens is 1. The molecular weight excluding hydrogens is 449 g/mol. The van der Waals surface area contributed by atoms with Gasteiger partial charge in [-0.15, -0.1) is 11.3 Å². The highest BCUT2D eigenvalue weighted by atomic mass is 32.2. The Morgan fingerprint density at radius 1 is 1.12 bits per heavy atom. The number of fused-ring (bicyclic) bond motifs is 1. The molecule has 4 heterocycles. The number of benzene rings is 1. The molecule has 1 aromatic carbocycles. The number of hydrogen-bond acceptors (Lipinski definition) is 7. The van der Waals surface area contributed by atoms with Crippen LogP contribution in [0.15, 0.2) is 81.2 Å². The van der Waals surface area contributed by atoms with E-state index in [2.05, 4.69) is 15.1 Å². The normalized spacial score (nSPS) is 15.8. The molecule has 0 aliphatic carbocycles. The predicted octanol–water partition coefficient (Wildman–Crippen LogP) is 3.76. The highest BCUT2D eigenvalue weighted by Crippen LogP contribution is 2.34. The van der Waals surface area contributed by atoms with Gasteiger partial charge in [0.1, 0.15) is 11.5 Å². The molecule has 160 valence electrons. The number of amides is 1. The molecule has 1 aliphatic rings. The van der Waals surface area contributed by atoms with E-state index in [-0.39, 0.29) is 28.7 Å². The van der Waals surface area contributed by atoms with Gasteiger partial charge in [-0.25, -0.2) is 19.2 Å². The molecule has 0 radical (unpaired) electrons. The third-order valence-electron chi connectivity index (χ3n) is 5.00. The fourth-order valence-corrected chi connectivity index (χ4v) is 4.89. The van der Waals surface area contributed by atoms with E-state index < -0.39 is 5.69 Å². The summed E-state index contributed by atoms with van der Waals surface area (Å²) in [6.45, 7) is 0. The molecule has 5 rings (SSSR count). The number of thiophene rings is 1. The Hall–Kier alpha value is -3.37. The van der Waals surface area contributed by atoms with E-state index in [1.807, 2.05) is 17.5 Å². The maximum absolute atomic E-state index is 13.4. The van der Waals surface area contributed by atoms with E-state index in [9.17, 15) is 14.0 Å². The zero-order valence-electron chi connectivity index (χ0n) is 16.6. The fraction of sp³-hybridized carbons (Fsp3) is 0.136. The second-order valence-electron chi connectivity index (χ2n) is 7.04. The molecule has 4 aromatic rings. The number of hydrazone groups is 1. The van der Waals surface area contributed by atoms with Crippen LogP contribution in [-0.2, 0) is 4.79 Å². The fourth-order valence-electron chi connectivity index (χ4n) is 3.48. The van der Waals surface area contributed by atoms with Gasteiger partial charge in [-0.3, -0.25) is 9.20 Å². The molecule has 3 aromatic heterocycles. The van der Waals surface area contributed by atoms with Crippen LogP contribution in [0.2, 0.25) is 0 Å². The van der Waals surface area contributed by atoms with Gasteiger partial charge in [0.05, 0.1) is 22.4 Å². The number of carbonyl (C=O) groups is 1. The Morgan fingerprint density at radius 3 is 2.75 bits per heavy atom. The molecule has 1 aliphatic heterocycles. The molecule has 0 saturated carbocycles. The van der Waals surface area contributed by atoms with Crippen molar-refractivity contribution in [2.45, 2.75) is 17.6 Å². The number of carbonyl (C=O) groups excluding carboxylic acids is 1. The Morgan fingerprint density at radius 2 is 1.97 bits per heavy atom. The summed E-state index contributed by atoms with van der Waals surface area (Å²) in [7, 11) is 0. The van der Waals surface area contributed by atoms with Gasteiger partial charge in [0.25, 0.3) is 5.91 Å². The number of aromatic nitrogens is 3. The largest absolute Gasteiger partial charge is 0.355 e. The van der Waals surface area contributed by atoms with Crippen molar-refractivity contribution >= 4 is 40.4 Å². The molecule has 0 bridgehead atoms. The first-order chi connectivity index (χ1) is 15.6. The summed E-state index contributed by atoms with van der Waals surface area (Å²) >= 11 is 2.64. The van der Waals surface area contributed by atoms with Crippen LogP contribution in [0.4, 0.5) is 4.39 Å². The van der Waals surface area contributed by atoms with Crippen molar-refractivity contribution in [3.05, 3.63) is 92.9 Å². The highest BCUT2D eigenvalue weighted by Gasteiger charge is 2.33. The van der Waals surface area contributed by atoms with Gasteiger partial charge in [0.15, 0.2) is 5.16 Å². The molecule has 7 nitrogen and oxygen atoms in total. The van der Waals surface area contributed by atoms with Crippen LogP contribution in [-0.4, -0.2) is 36.7 Å². The van der Waals surface area contributed by atoms with Crippen molar-refractivity contribution < 1.29 is 9.18 Å². The molecule has 0 spiro atoms. The Bertz CT molecular complexity index is 1370. The third kappa shape index (κ3) is 4.06. The molecule has 0 N–H and O–H groups in total. The van der Waals surface area contributed by atoms with Crippen LogP contribution in [0, 0.1) is 5.82 Å². The number of pyridine rings is 1. The monoisotopic (exact) mass is 465 g/mol. The van der Waals surface area contributed by atoms with Gasteiger partial charge in [-0.2, -0.15) is 10.1 Å². The van der Waals surface area contributed by atoms with Gasteiger partial charge in [-0.1, -0.05) is 36.0 Å². The standard InChI is InChI=1S/C22H16FN5O2S2/c23-15-8-6-14(7-9-15)17-12-16(18-4-3-11-31-18)26-28(17)20(29)13-32-21-24-19-5-1-2-10-27(19)22(30)25-21/h1-11,17H,12-13H2/t17-/m0/s1. The number of hydrogen-bond donors (Lipinski definition) is 0. The maximum Gasteiger partial charge on any atom is 0.355 e. The summed E-state index contributed by atoms with van der Waals surface area (Å²) in [4.78, 5) is 34.6. The SMILES string of the molecule is O=C(CSc1nc(=O)n2ccccc2n1)N1N=C(c2cccs2)C[C@H]1c1ccc(F)cc1. The molecule has 32 heavy (non-hydrogen) atoms. The second-order valence-corrected chi connectivity index (χ2v) is 8.93. The minimum Gasteiger partial charge on any atom is -0.272 e. The summed E-state index contributed by atoms with van der Waals surface area (Å²) in [6, 6.07) is 14.9. The van der Waals surface area contributed by atoms with Gasteiger partial charge in [0, 0.05) is 12.6 Å². The van der Waals surface area contributed by atoms with Gasteiger partial charge in [0.2, 0.25) is 0 Å². The Balaban J connectivity index is 1.39. The minimum absolute atomic E-state index is 0.0152. The zero-order chi connectivity index (χ0) is 22.1. The van der Waals surface area contributed by atoms with Gasteiger partial charge >= 0.3 is 5.69 Å². The second kappa shape index (κ2) is 8.64.